The molecule has 2 heterocycles. The standard InChI is InChI=1S/C20H30N2O5S2/c1-16(2)14-22(18-9-12-28(24,25)15-18)20(23)17-7-6-8-19(13-17)29(26,27)21-10-4-3-5-11-21/h6-8,13,16,18H,3-5,9-12,14-15H2,1-2H3/t18-/m0/s1. The van der Waals surface area contributed by atoms with Gasteiger partial charge in [-0.05, 0) is 43.4 Å². The van der Waals surface area contributed by atoms with Gasteiger partial charge in [0.2, 0.25) is 10.0 Å². The van der Waals surface area contributed by atoms with E-state index < -0.39 is 19.9 Å². The van der Waals surface area contributed by atoms with Gasteiger partial charge < -0.3 is 4.90 Å². The lowest BCUT2D eigenvalue weighted by molar-refractivity contribution is 0.0672. The molecule has 7 nitrogen and oxygen atoms in total. The molecule has 0 aromatic heterocycles. The van der Waals surface area contributed by atoms with Gasteiger partial charge >= 0.3 is 0 Å². The topological polar surface area (TPSA) is 91.8 Å². The minimum Gasteiger partial charge on any atom is -0.334 e. The van der Waals surface area contributed by atoms with Crippen molar-refractivity contribution in [1.82, 2.24) is 9.21 Å². The number of carbonyl (C=O) groups is 1. The van der Waals surface area contributed by atoms with Crippen molar-refractivity contribution in [2.75, 3.05) is 31.1 Å². The third-order valence-electron chi connectivity index (χ3n) is 5.51. The van der Waals surface area contributed by atoms with Gasteiger partial charge in [-0.15, -0.1) is 0 Å². The molecular formula is C20H30N2O5S2. The monoisotopic (exact) mass is 442 g/mol. The summed E-state index contributed by atoms with van der Waals surface area (Å²) >= 11 is 0. The quantitative estimate of drug-likeness (QED) is 0.673. The maximum atomic E-state index is 13.3. The van der Waals surface area contributed by atoms with Crippen LogP contribution in [0, 0.1) is 5.92 Å². The van der Waals surface area contributed by atoms with Crippen LogP contribution in [-0.2, 0) is 19.9 Å². The second-order valence-electron chi connectivity index (χ2n) is 8.40. The summed E-state index contributed by atoms with van der Waals surface area (Å²) in [5.41, 5.74) is 0.285. The molecule has 0 N–H and O–H groups in total. The van der Waals surface area contributed by atoms with Crippen molar-refractivity contribution in [3.63, 3.8) is 0 Å². The molecule has 0 aliphatic carbocycles. The summed E-state index contributed by atoms with van der Waals surface area (Å²) in [5, 5.41) is 0. The highest BCUT2D eigenvalue weighted by Crippen LogP contribution is 2.24. The van der Waals surface area contributed by atoms with Gasteiger partial charge in [0, 0.05) is 31.2 Å². The van der Waals surface area contributed by atoms with Gasteiger partial charge in [-0.2, -0.15) is 4.31 Å². The largest absolute Gasteiger partial charge is 0.334 e. The van der Waals surface area contributed by atoms with Gasteiger partial charge in [0.15, 0.2) is 9.84 Å². The first-order valence-electron chi connectivity index (χ1n) is 10.2. The molecule has 0 radical (unpaired) electrons. The molecule has 2 aliphatic rings. The van der Waals surface area contributed by atoms with Crippen molar-refractivity contribution in [2.45, 2.75) is 50.5 Å². The van der Waals surface area contributed by atoms with E-state index in [0.29, 0.717) is 26.1 Å². The average molecular weight is 443 g/mol. The van der Waals surface area contributed by atoms with Crippen molar-refractivity contribution in [3.8, 4) is 0 Å². The minimum absolute atomic E-state index is 0.0305. The van der Waals surface area contributed by atoms with E-state index >= 15 is 0 Å². The molecule has 29 heavy (non-hydrogen) atoms. The molecule has 1 atom stereocenters. The first-order chi connectivity index (χ1) is 13.6. The smallest absolute Gasteiger partial charge is 0.254 e. The van der Waals surface area contributed by atoms with Crippen LogP contribution >= 0.6 is 0 Å². The minimum atomic E-state index is -3.64. The molecule has 0 saturated carbocycles. The maximum absolute atomic E-state index is 13.3. The van der Waals surface area contributed by atoms with Crippen LogP contribution in [0.2, 0.25) is 0 Å². The number of nitrogens with zero attached hydrogens (tertiary/aromatic N) is 2. The normalized spacial score (nSPS) is 22.7. The van der Waals surface area contributed by atoms with Gasteiger partial charge in [0.1, 0.15) is 0 Å². The molecular weight excluding hydrogens is 412 g/mol. The predicted molar refractivity (Wildman–Crippen MR) is 112 cm³/mol. The molecule has 2 saturated heterocycles. The zero-order valence-corrected chi connectivity index (χ0v) is 18.7. The Hall–Kier alpha value is -1.45. The second kappa shape index (κ2) is 8.73. The van der Waals surface area contributed by atoms with Crippen LogP contribution < -0.4 is 0 Å². The van der Waals surface area contributed by atoms with E-state index in [1.165, 1.54) is 16.4 Å². The number of piperidine rings is 1. The van der Waals surface area contributed by atoms with Crippen LogP contribution in [0.5, 0.6) is 0 Å². The maximum Gasteiger partial charge on any atom is 0.254 e. The van der Waals surface area contributed by atoms with Crippen LogP contribution in [0.4, 0.5) is 0 Å². The summed E-state index contributed by atoms with van der Waals surface area (Å²) in [5.74, 6) is -0.0841. The van der Waals surface area contributed by atoms with E-state index in [0.717, 1.165) is 19.3 Å². The van der Waals surface area contributed by atoms with E-state index in [1.54, 1.807) is 17.0 Å². The van der Waals surface area contributed by atoms with Gasteiger partial charge in [0.25, 0.3) is 5.91 Å². The highest BCUT2D eigenvalue weighted by Gasteiger charge is 2.35. The zero-order chi connectivity index (χ0) is 21.2. The zero-order valence-electron chi connectivity index (χ0n) is 17.1. The van der Waals surface area contributed by atoms with Crippen LogP contribution in [-0.4, -0.2) is 69.1 Å². The Labute approximate surface area is 174 Å². The van der Waals surface area contributed by atoms with Crippen LogP contribution in [0.1, 0.15) is 49.9 Å². The first kappa shape index (κ1) is 22.2. The number of hydrogen-bond donors (Lipinski definition) is 0. The fourth-order valence-electron chi connectivity index (χ4n) is 4.02. The molecule has 2 aliphatic heterocycles. The third kappa shape index (κ3) is 5.19. The molecule has 9 heteroatoms. The number of amides is 1. The summed E-state index contributed by atoms with van der Waals surface area (Å²) in [6.07, 6.45) is 3.14. The Morgan fingerprint density at radius 1 is 1.21 bits per heavy atom. The molecule has 0 spiro atoms. The lowest BCUT2D eigenvalue weighted by atomic mass is 10.1. The highest BCUT2D eigenvalue weighted by atomic mass is 32.2. The molecule has 1 amide bonds. The van der Waals surface area contributed by atoms with Crippen molar-refractivity contribution in [3.05, 3.63) is 29.8 Å². The fourth-order valence-corrected chi connectivity index (χ4v) is 7.32. The van der Waals surface area contributed by atoms with Crippen LogP contribution in [0.15, 0.2) is 29.2 Å². The summed E-state index contributed by atoms with van der Waals surface area (Å²) < 4.78 is 51.3. The Balaban J connectivity index is 1.88. The van der Waals surface area contributed by atoms with Crippen molar-refractivity contribution < 1.29 is 21.6 Å². The SMILES string of the molecule is CC(C)CN(C(=O)c1cccc(S(=O)(=O)N2CCCCC2)c1)[C@H]1CCS(=O)(=O)C1. The number of rotatable bonds is 6. The summed E-state index contributed by atoms with van der Waals surface area (Å²) in [6.45, 7) is 5.38. The van der Waals surface area contributed by atoms with E-state index in [2.05, 4.69) is 0 Å². The van der Waals surface area contributed by atoms with E-state index in [-0.39, 0.29) is 39.8 Å². The summed E-state index contributed by atoms with van der Waals surface area (Å²) in [7, 11) is -6.77. The Bertz CT molecular complexity index is 951. The van der Waals surface area contributed by atoms with E-state index in [9.17, 15) is 21.6 Å². The molecule has 162 valence electrons. The number of sulfonamides is 1. The summed E-state index contributed by atoms with van der Waals surface area (Å²) in [6, 6.07) is 5.78. The lowest BCUT2D eigenvalue weighted by Crippen LogP contribution is -2.43. The lowest BCUT2D eigenvalue weighted by Gasteiger charge is -2.30. The molecule has 1 aromatic rings. The van der Waals surface area contributed by atoms with Crippen molar-refractivity contribution in [1.29, 1.82) is 0 Å². The van der Waals surface area contributed by atoms with E-state index in [1.807, 2.05) is 13.8 Å². The molecule has 3 rings (SSSR count). The van der Waals surface area contributed by atoms with Gasteiger partial charge in [-0.1, -0.05) is 26.3 Å². The number of benzene rings is 1. The van der Waals surface area contributed by atoms with Crippen LogP contribution in [0.25, 0.3) is 0 Å². The first-order valence-corrected chi connectivity index (χ1v) is 13.5. The van der Waals surface area contributed by atoms with Gasteiger partial charge in [-0.3, -0.25) is 4.79 Å². The van der Waals surface area contributed by atoms with Gasteiger partial charge in [0.05, 0.1) is 16.4 Å². The van der Waals surface area contributed by atoms with Gasteiger partial charge in [-0.25, -0.2) is 16.8 Å². The number of hydrogen-bond acceptors (Lipinski definition) is 5. The predicted octanol–water partition coefficient (Wildman–Crippen LogP) is 2.15. The molecule has 0 bridgehead atoms. The molecule has 1 aromatic carbocycles. The average Bonchev–Trinajstić information content (AvgIpc) is 3.05. The van der Waals surface area contributed by atoms with E-state index in [4.69, 9.17) is 0 Å². The Kier molecular flexibility index (Phi) is 6.70. The van der Waals surface area contributed by atoms with Crippen molar-refractivity contribution >= 4 is 25.8 Å². The Morgan fingerprint density at radius 2 is 1.90 bits per heavy atom. The third-order valence-corrected chi connectivity index (χ3v) is 9.15. The highest BCUT2D eigenvalue weighted by molar-refractivity contribution is 7.91. The fraction of sp³-hybridized carbons (Fsp3) is 0.650. The van der Waals surface area contributed by atoms with Crippen LogP contribution in [0.3, 0.4) is 0 Å². The summed E-state index contributed by atoms with van der Waals surface area (Å²) in [4.78, 5) is 15.0. The van der Waals surface area contributed by atoms with Crippen molar-refractivity contribution in [2.24, 2.45) is 5.92 Å². The Morgan fingerprint density at radius 3 is 2.48 bits per heavy atom. The number of carbonyl (C=O) groups excluding carboxylic acids is 1. The molecule has 2 fully saturated rings. The second-order valence-corrected chi connectivity index (χ2v) is 12.6. The number of sulfone groups is 1. The molecule has 0 unspecified atom stereocenters.